The quantitative estimate of drug-likeness (QED) is 0.861. The van der Waals surface area contributed by atoms with Gasteiger partial charge in [-0.15, -0.1) is 11.3 Å². The van der Waals surface area contributed by atoms with E-state index in [-0.39, 0.29) is 5.41 Å². The zero-order chi connectivity index (χ0) is 13.2. The largest absolute Gasteiger partial charge is 0.298 e. The minimum atomic E-state index is 0.181. The SMILES string of the molecule is CC(C)(C)c1ccc(-c2nc(CON)cs2)cc1. The Labute approximate surface area is 112 Å². The van der Waals surface area contributed by atoms with Gasteiger partial charge in [0.1, 0.15) is 11.6 Å². The molecule has 3 nitrogen and oxygen atoms in total. The predicted octanol–water partition coefficient (Wildman–Crippen LogP) is 3.50. The van der Waals surface area contributed by atoms with Crippen LogP contribution >= 0.6 is 11.3 Å². The van der Waals surface area contributed by atoms with Crippen molar-refractivity contribution in [2.24, 2.45) is 5.90 Å². The Kier molecular flexibility index (Phi) is 3.80. The summed E-state index contributed by atoms with van der Waals surface area (Å²) < 4.78 is 0. The molecule has 4 heteroatoms. The van der Waals surface area contributed by atoms with Gasteiger partial charge in [-0.25, -0.2) is 10.9 Å². The number of thiazole rings is 1. The first-order chi connectivity index (χ1) is 8.50. The molecule has 0 spiro atoms. The molecule has 0 aliphatic rings. The summed E-state index contributed by atoms with van der Waals surface area (Å²) in [7, 11) is 0. The Morgan fingerprint density at radius 1 is 1.22 bits per heavy atom. The van der Waals surface area contributed by atoms with Crippen molar-refractivity contribution in [1.82, 2.24) is 4.98 Å². The van der Waals surface area contributed by atoms with E-state index in [1.54, 1.807) is 11.3 Å². The van der Waals surface area contributed by atoms with E-state index in [2.05, 4.69) is 54.9 Å². The summed E-state index contributed by atoms with van der Waals surface area (Å²) in [4.78, 5) is 9.06. The lowest BCUT2D eigenvalue weighted by atomic mass is 9.87. The van der Waals surface area contributed by atoms with E-state index in [1.807, 2.05) is 5.38 Å². The number of hydrogen-bond acceptors (Lipinski definition) is 4. The number of hydrogen-bond donors (Lipinski definition) is 1. The molecule has 0 aliphatic carbocycles. The van der Waals surface area contributed by atoms with Crippen LogP contribution in [-0.4, -0.2) is 4.98 Å². The van der Waals surface area contributed by atoms with Crippen LogP contribution in [-0.2, 0) is 16.9 Å². The first kappa shape index (κ1) is 13.2. The number of nitrogens with two attached hydrogens (primary N) is 1. The molecule has 18 heavy (non-hydrogen) atoms. The highest BCUT2D eigenvalue weighted by atomic mass is 32.1. The molecule has 96 valence electrons. The van der Waals surface area contributed by atoms with Crippen LogP contribution in [0.1, 0.15) is 32.0 Å². The van der Waals surface area contributed by atoms with Gasteiger partial charge in [-0.1, -0.05) is 45.0 Å². The number of aromatic nitrogens is 1. The summed E-state index contributed by atoms with van der Waals surface area (Å²) in [6.45, 7) is 6.99. The van der Waals surface area contributed by atoms with Crippen LogP contribution in [0.5, 0.6) is 0 Å². The van der Waals surface area contributed by atoms with E-state index in [9.17, 15) is 0 Å². The average Bonchev–Trinajstić information content (AvgIpc) is 2.77. The smallest absolute Gasteiger partial charge is 0.123 e. The van der Waals surface area contributed by atoms with Crippen molar-refractivity contribution in [2.45, 2.75) is 32.8 Å². The lowest BCUT2D eigenvalue weighted by Crippen LogP contribution is -2.10. The third-order valence-electron chi connectivity index (χ3n) is 2.78. The molecule has 1 aromatic heterocycles. The van der Waals surface area contributed by atoms with Gasteiger partial charge in [-0.3, -0.25) is 4.84 Å². The number of rotatable bonds is 3. The van der Waals surface area contributed by atoms with Crippen molar-refractivity contribution in [3.8, 4) is 10.6 Å². The molecule has 0 bridgehead atoms. The second kappa shape index (κ2) is 5.18. The fraction of sp³-hybridized carbons (Fsp3) is 0.357. The molecule has 0 atom stereocenters. The van der Waals surface area contributed by atoms with E-state index in [0.717, 1.165) is 16.3 Å². The highest BCUT2D eigenvalue weighted by molar-refractivity contribution is 7.13. The van der Waals surface area contributed by atoms with Crippen molar-refractivity contribution >= 4 is 11.3 Å². The first-order valence-corrected chi connectivity index (χ1v) is 6.75. The van der Waals surface area contributed by atoms with Gasteiger partial charge in [0.15, 0.2) is 0 Å². The molecule has 0 aliphatic heterocycles. The predicted molar refractivity (Wildman–Crippen MR) is 75.2 cm³/mol. The topological polar surface area (TPSA) is 48.1 Å². The molecule has 2 aromatic rings. The van der Waals surface area contributed by atoms with Gasteiger partial charge in [-0.05, 0) is 11.0 Å². The van der Waals surface area contributed by atoms with E-state index < -0.39 is 0 Å². The standard InChI is InChI=1S/C14H18N2OS/c1-14(2,3)11-6-4-10(5-7-11)13-16-12(8-17-15)9-18-13/h4-7,9H,8,15H2,1-3H3. The summed E-state index contributed by atoms with van der Waals surface area (Å²) in [5.41, 5.74) is 3.52. The van der Waals surface area contributed by atoms with Gasteiger partial charge in [0.2, 0.25) is 0 Å². The summed E-state index contributed by atoms with van der Waals surface area (Å²) in [5.74, 6) is 5.04. The molecule has 0 saturated heterocycles. The Bertz CT molecular complexity index is 511. The van der Waals surface area contributed by atoms with Crippen LogP contribution in [0.3, 0.4) is 0 Å². The fourth-order valence-corrected chi connectivity index (χ4v) is 2.51. The second-order valence-corrected chi connectivity index (χ2v) is 6.14. The van der Waals surface area contributed by atoms with Gasteiger partial charge in [0, 0.05) is 10.9 Å². The van der Waals surface area contributed by atoms with Crippen molar-refractivity contribution < 1.29 is 4.84 Å². The minimum absolute atomic E-state index is 0.181. The van der Waals surface area contributed by atoms with E-state index in [0.29, 0.717) is 6.61 Å². The van der Waals surface area contributed by atoms with Gasteiger partial charge < -0.3 is 0 Å². The minimum Gasteiger partial charge on any atom is -0.298 e. The highest BCUT2D eigenvalue weighted by Gasteiger charge is 2.13. The van der Waals surface area contributed by atoms with Crippen molar-refractivity contribution in [3.63, 3.8) is 0 Å². The molecule has 0 fully saturated rings. The van der Waals surface area contributed by atoms with E-state index >= 15 is 0 Å². The molecule has 0 saturated carbocycles. The maximum atomic E-state index is 5.04. The summed E-state index contributed by atoms with van der Waals surface area (Å²) >= 11 is 1.61. The van der Waals surface area contributed by atoms with Crippen LogP contribution < -0.4 is 5.90 Å². The van der Waals surface area contributed by atoms with Crippen LogP contribution in [0, 0.1) is 0 Å². The maximum absolute atomic E-state index is 5.04. The molecular formula is C14H18N2OS. The second-order valence-electron chi connectivity index (χ2n) is 5.28. The molecule has 2 N–H and O–H groups in total. The van der Waals surface area contributed by atoms with Gasteiger partial charge >= 0.3 is 0 Å². The highest BCUT2D eigenvalue weighted by Crippen LogP contribution is 2.28. The van der Waals surface area contributed by atoms with Crippen LogP contribution in [0.15, 0.2) is 29.6 Å². The maximum Gasteiger partial charge on any atom is 0.123 e. The molecule has 1 aromatic carbocycles. The molecule has 0 radical (unpaired) electrons. The normalized spacial score (nSPS) is 11.8. The van der Waals surface area contributed by atoms with Gasteiger partial charge in [-0.2, -0.15) is 0 Å². The third-order valence-corrected chi connectivity index (χ3v) is 3.72. The molecule has 0 amide bonds. The summed E-state index contributed by atoms with van der Waals surface area (Å²) in [6.07, 6.45) is 0. The lowest BCUT2D eigenvalue weighted by molar-refractivity contribution is 0.122. The molecule has 0 unspecified atom stereocenters. The lowest BCUT2D eigenvalue weighted by Gasteiger charge is -2.18. The van der Waals surface area contributed by atoms with Crippen molar-refractivity contribution in [2.75, 3.05) is 0 Å². The van der Waals surface area contributed by atoms with E-state index in [1.165, 1.54) is 5.56 Å². The van der Waals surface area contributed by atoms with Crippen LogP contribution in [0.2, 0.25) is 0 Å². The Morgan fingerprint density at radius 2 is 1.89 bits per heavy atom. The summed E-state index contributed by atoms with van der Waals surface area (Å²) in [5, 5.41) is 2.97. The first-order valence-electron chi connectivity index (χ1n) is 5.88. The zero-order valence-electron chi connectivity index (χ0n) is 10.9. The number of nitrogens with zero attached hydrogens (tertiary/aromatic N) is 1. The fourth-order valence-electron chi connectivity index (χ4n) is 1.70. The third kappa shape index (κ3) is 2.96. The van der Waals surface area contributed by atoms with Crippen molar-refractivity contribution in [1.29, 1.82) is 0 Å². The molecule has 1 heterocycles. The van der Waals surface area contributed by atoms with Crippen LogP contribution in [0.25, 0.3) is 10.6 Å². The van der Waals surface area contributed by atoms with Crippen molar-refractivity contribution in [3.05, 3.63) is 40.9 Å². The Hall–Kier alpha value is -1.23. The number of benzene rings is 1. The van der Waals surface area contributed by atoms with Gasteiger partial charge in [0.25, 0.3) is 0 Å². The Morgan fingerprint density at radius 3 is 2.44 bits per heavy atom. The van der Waals surface area contributed by atoms with Gasteiger partial charge in [0.05, 0.1) is 5.69 Å². The summed E-state index contributed by atoms with van der Waals surface area (Å²) in [6, 6.07) is 8.56. The van der Waals surface area contributed by atoms with E-state index in [4.69, 9.17) is 5.90 Å². The monoisotopic (exact) mass is 262 g/mol. The van der Waals surface area contributed by atoms with Crippen LogP contribution in [0.4, 0.5) is 0 Å². The Balaban J connectivity index is 2.23. The zero-order valence-corrected chi connectivity index (χ0v) is 11.8. The molecule has 2 rings (SSSR count). The molecular weight excluding hydrogens is 244 g/mol. The average molecular weight is 262 g/mol.